The monoisotopic (exact) mass is 247 g/mol. The van der Waals surface area contributed by atoms with Crippen molar-refractivity contribution in [3.05, 3.63) is 40.3 Å². The van der Waals surface area contributed by atoms with Crippen molar-refractivity contribution in [2.45, 2.75) is 19.5 Å². The van der Waals surface area contributed by atoms with Crippen LogP contribution in [-0.4, -0.2) is 27.1 Å². The second-order valence-electron chi connectivity index (χ2n) is 4.17. The van der Waals surface area contributed by atoms with Crippen LogP contribution >= 0.6 is 11.3 Å². The lowest BCUT2D eigenvalue weighted by Gasteiger charge is -2.27. The summed E-state index contributed by atoms with van der Waals surface area (Å²) in [5.41, 5.74) is 2.23. The maximum atomic E-state index is 12.1. The van der Waals surface area contributed by atoms with E-state index in [2.05, 4.69) is 5.10 Å². The van der Waals surface area contributed by atoms with Gasteiger partial charge in [0, 0.05) is 12.7 Å². The molecular formula is C12H13N3OS. The summed E-state index contributed by atoms with van der Waals surface area (Å²) in [6.07, 6.45) is 2.31. The molecule has 88 valence electrons. The Balaban J connectivity index is 1.68. The van der Waals surface area contributed by atoms with Crippen LogP contribution in [0.4, 0.5) is 0 Å². The molecule has 4 nitrogen and oxygen atoms in total. The largest absolute Gasteiger partial charge is 0.335 e. The molecule has 1 aliphatic heterocycles. The third kappa shape index (κ3) is 2.10. The standard InChI is InChI=1S/C12H13N3OS/c16-12(7-10-2-6-17-9-10)14-4-5-15-11(8-14)1-3-13-15/h1-3,6,9H,4-5,7-8H2. The van der Waals surface area contributed by atoms with Crippen molar-refractivity contribution in [2.75, 3.05) is 6.54 Å². The van der Waals surface area contributed by atoms with Gasteiger partial charge in [0.25, 0.3) is 0 Å². The molecule has 2 aromatic heterocycles. The van der Waals surface area contributed by atoms with Gasteiger partial charge in [-0.15, -0.1) is 0 Å². The second kappa shape index (κ2) is 4.33. The molecule has 17 heavy (non-hydrogen) atoms. The molecule has 0 saturated carbocycles. The lowest BCUT2D eigenvalue weighted by molar-refractivity contribution is -0.131. The Morgan fingerprint density at radius 1 is 1.41 bits per heavy atom. The minimum absolute atomic E-state index is 0.204. The molecule has 0 unspecified atom stereocenters. The molecule has 0 aliphatic carbocycles. The third-order valence-corrected chi connectivity index (χ3v) is 3.76. The van der Waals surface area contributed by atoms with E-state index in [1.54, 1.807) is 17.5 Å². The Morgan fingerprint density at radius 2 is 2.35 bits per heavy atom. The van der Waals surface area contributed by atoms with Gasteiger partial charge < -0.3 is 4.90 Å². The maximum absolute atomic E-state index is 12.1. The lowest BCUT2D eigenvalue weighted by Crippen LogP contribution is -2.39. The topological polar surface area (TPSA) is 38.1 Å². The average molecular weight is 247 g/mol. The Bertz CT molecular complexity index is 518. The number of hydrogen-bond donors (Lipinski definition) is 0. The summed E-state index contributed by atoms with van der Waals surface area (Å²) in [6.45, 7) is 2.25. The van der Waals surface area contributed by atoms with E-state index in [9.17, 15) is 4.79 Å². The van der Waals surface area contributed by atoms with Gasteiger partial charge in [0.1, 0.15) is 0 Å². The Kier molecular flexibility index (Phi) is 2.68. The predicted molar refractivity (Wildman–Crippen MR) is 65.7 cm³/mol. The van der Waals surface area contributed by atoms with Crippen molar-refractivity contribution in [2.24, 2.45) is 0 Å². The van der Waals surface area contributed by atoms with E-state index < -0.39 is 0 Å². The van der Waals surface area contributed by atoms with Gasteiger partial charge in [-0.05, 0) is 28.5 Å². The first-order valence-electron chi connectivity index (χ1n) is 5.62. The van der Waals surface area contributed by atoms with Crippen molar-refractivity contribution in [3.63, 3.8) is 0 Å². The van der Waals surface area contributed by atoms with Crippen molar-refractivity contribution < 1.29 is 4.79 Å². The summed E-state index contributed by atoms with van der Waals surface area (Å²) >= 11 is 1.63. The van der Waals surface area contributed by atoms with Crippen LogP contribution in [0.25, 0.3) is 0 Å². The van der Waals surface area contributed by atoms with E-state index in [-0.39, 0.29) is 5.91 Å². The van der Waals surface area contributed by atoms with E-state index in [0.29, 0.717) is 13.0 Å². The van der Waals surface area contributed by atoms with Crippen LogP contribution in [0.5, 0.6) is 0 Å². The Labute approximate surface area is 103 Å². The molecule has 0 bridgehead atoms. The van der Waals surface area contributed by atoms with Gasteiger partial charge >= 0.3 is 0 Å². The number of aromatic nitrogens is 2. The number of carbonyl (C=O) groups is 1. The molecule has 3 heterocycles. The van der Waals surface area contributed by atoms with E-state index in [0.717, 1.165) is 24.3 Å². The molecule has 1 aliphatic rings. The molecular weight excluding hydrogens is 234 g/mol. The van der Waals surface area contributed by atoms with Crippen LogP contribution in [-0.2, 0) is 24.3 Å². The van der Waals surface area contributed by atoms with Crippen molar-refractivity contribution >= 4 is 17.2 Å². The lowest BCUT2D eigenvalue weighted by atomic mass is 10.2. The molecule has 0 N–H and O–H groups in total. The summed E-state index contributed by atoms with van der Waals surface area (Å²) in [6, 6.07) is 3.99. The zero-order valence-corrected chi connectivity index (χ0v) is 10.2. The first kappa shape index (κ1) is 10.5. The average Bonchev–Trinajstić information content (AvgIpc) is 2.97. The predicted octanol–water partition coefficient (Wildman–Crippen LogP) is 1.53. The molecule has 1 amide bonds. The van der Waals surface area contributed by atoms with E-state index in [4.69, 9.17) is 0 Å². The van der Waals surface area contributed by atoms with Crippen LogP contribution in [0.1, 0.15) is 11.3 Å². The highest BCUT2D eigenvalue weighted by atomic mass is 32.1. The van der Waals surface area contributed by atoms with Gasteiger partial charge in [0.2, 0.25) is 5.91 Å². The van der Waals surface area contributed by atoms with Gasteiger partial charge in [-0.3, -0.25) is 9.48 Å². The van der Waals surface area contributed by atoms with Crippen molar-refractivity contribution in [3.8, 4) is 0 Å². The van der Waals surface area contributed by atoms with Crippen molar-refractivity contribution in [1.82, 2.24) is 14.7 Å². The number of rotatable bonds is 2. The van der Waals surface area contributed by atoms with Crippen LogP contribution in [0.15, 0.2) is 29.1 Å². The minimum atomic E-state index is 0.204. The smallest absolute Gasteiger partial charge is 0.227 e. The van der Waals surface area contributed by atoms with E-state index in [1.165, 1.54) is 0 Å². The van der Waals surface area contributed by atoms with Crippen LogP contribution in [0.3, 0.4) is 0 Å². The van der Waals surface area contributed by atoms with Crippen LogP contribution in [0, 0.1) is 0 Å². The fourth-order valence-corrected chi connectivity index (χ4v) is 2.75. The van der Waals surface area contributed by atoms with Crippen LogP contribution in [0.2, 0.25) is 0 Å². The zero-order valence-electron chi connectivity index (χ0n) is 9.37. The molecule has 0 saturated heterocycles. The summed E-state index contributed by atoms with van der Waals surface area (Å²) < 4.78 is 1.97. The normalized spacial score (nSPS) is 14.7. The molecule has 0 atom stereocenters. The van der Waals surface area contributed by atoms with Gasteiger partial charge in [-0.2, -0.15) is 16.4 Å². The zero-order chi connectivity index (χ0) is 11.7. The van der Waals surface area contributed by atoms with Crippen molar-refractivity contribution in [1.29, 1.82) is 0 Å². The van der Waals surface area contributed by atoms with Gasteiger partial charge in [-0.25, -0.2) is 0 Å². The molecule has 2 aromatic rings. The van der Waals surface area contributed by atoms with Gasteiger partial charge in [-0.1, -0.05) is 0 Å². The molecule has 3 rings (SSSR count). The SMILES string of the molecule is O=C(Cc1ccsc1)N1CCn2nccc2C1. The molecule has 0 fully saturated rings. The molecule has 0 radical (unpaired) electrons. The van der Waals surface area contributed by atoms with E-state index >= 15 is 0 Å². The third-order valence-electron chi connectivity index (χ3n) is 3.03. The van der Waals surface area contributed by atoms with Gasteiger partial charge in [0.05, 0.1) is 25.2 Å². The highest BCUT2D eigenvalue weighted by Crippen LogP contribution is 2.14. The fraction of sp³-hybridized carbons (Fsp3) is 0.333. The fourth-order valence-electron chi connectivity index (χ4n) is 2.08. The van der Waals surface area contributed by atoms with Crippen LogP contribution < -0.4 is 0 Å². The highest BCUT2D eigenvalue weighted by Gasteiger charge is 2.20. The quantitative estimate of drug-likeness (QED) is 0.807. The molecule has 0 spiro atoms. The first-order valence-corrected chi connectivity index (χ1v) is 6.57. The number of hydrogen-bond acceptors (Lipinski definition) is 3. The molecule has 5 heteroatoms. The number of thiophene rings is 1. The maximum Gasteiger partial charge on any atom is 0.227 e. The Hall–Kier alpha value is -1.62. The number of fused-ring (bicyclic) bond motifs is 1. The van der Waals surface area contributed by atoms with E-state index in [1.807, 2.05) is 32.5 Å². The Morgan fingerprint density at radius 3 is 3.18 bits per heavy atom. The summed E-state index contributed by atoms with van der Waals surface area (Å²) in [4.78, 5) is 14.0. The summed E-state index contributed by atoms with van der Waals surface area (Å²) in [7, 11) is 0. The second-order valence-corrected chi connectivity index (χ2v) is 4.95. The number of nitrogens with zero attached hydrogens (tertiary/aromatic N) is 3. The minimum Gasteiger partial charge on any atom is -0.335 e. The summed E-state index contributed by atoms with van der Waals surface area (Å²) in [5, 5.41) is 8.25. The number of carbonyl (C=O) groups excluding carboxylic acids is 1. The first-order chi connectivity index (χ1) is 8.33. The summed E-state index contributed by atoms with van der Waals surface area (Å²) in [5.74, 6) is 0.204. The highest BCUT2D eigenvalue weighted by molar-refractivity contribution is 7.07. The molecule has 0 aromatic carbocycles. The van der Waals surface area contributed by atoms with Gasteiger partial charge in [0.15, 0.2) is 0 Å². The number of amides is 1.